The third kappa shape index (κ3) is 33.7. The smallest absolute Gasteiger partial charge is 0.0782 e. The molecular weight excluding hydrogens is 378 g/mol. The van der Waals surface area contributed by atoms with Crippen molar-refractivity contribution >= 4 is 0 Å². The minimum atomic E-state index is -4.69. The highest BCUT2D eigenvalue weighted by molar-refractivity contribution is 4.48. The quantitative estimate of drug-likeness (QED) is 0.269. The highest BCUT2D eigenvalue weighted by atomic mass is 35.7. The van der Waals surface area contributed by atoms with Gasteiger partial charge in [0.1, 0.15) is 0 Å². The molecule has 6 heteroatoms. The van der Waals surface area contributed by atoms with Crippen molar-refractivity contribution in [2.45, 2.75) is 117 Å². The minimum Gasteiger partial charge on any atom is -0.328 e. The Hall–Kier alpha value is 0.0900. The summed E-state index contributed by atoms with van der Waals surface area (Å²) in [7, 11) is 0.172. The molecule has 0 aliphatic heterocycles. The Morgan fingerprint density at radius 1 is 0.536 bits per heavy atom. The molecule has 0 aromatic heterocycles. The fraction of sp³-hybridized carbons (Fsp3) is 1.00. The van der Waals surface area contributed by atoms with Crippen LogP contribution < -0.4 is 14.0 Å². The van der Waals surface area contributed by atoms with Crippen LogP contribution in [-0.4, -0.2) is 36.3 Å². The maximum Gasteiger partial charge on any atom is 0.0782 e. The van der Waals surface area contributed by atoms with E-state index < -0.39 is 10.2 Å². The van der Waals surface area contributed by atoms with Crippen molar-refractivity contribution in [1.29, 1.82) is 0 Å². The molecule has 0 heterocycles. The first-order valence-corrected chi connectivity index (χ1v) is 12.8. The van der Waals surface area contributed by atoms with Crippen molar-refractivity contribution in [2.24, 2.45) is 0 Å². The highest BCUT2D eigenvalue weighted by Gasteiger charge is 2.13. The normalized spacial score (nSPS) is 12.0. The molecule has 0 bridgehead atoms. The molecule has 0 aromatic carbocycles. The van der Waals surface area contributed by atoms with Gasteiger partial charge in [0.2, 0.25) is 0 Å². The Labute approximate surface area is 177 Å². The molecule has 0 fully saturated rings. The van der Waals surface area contributed by atoms with E-state index in [0.29, 0.717) is 0 Å². The molecule has 0 saturated carbocycles. The first-order chi connectivity index (χ1) is 13.1. The van der Waals surface area contributed by atoms with Crippen LogP contribution in [0.3, 0.4) is 0 Å². The number of halogens is 1. The third-order valence-corrected chi connectivity index (χ3v) is 5.23. The monoisotopic (exact) mass is 426 g/mol. The molecule has 0 aromatic rings. The van der Waals surface area contributed by atoms with Gasteiger partial charge in [-0.25, -0.2) is 0 Å². The molecule has 0 radical (unpaired) electrons. The lowest BCUT2D eigenvalue weighted by atomic mass is 10.1. The summed E-state index contributed by atoms with van der Waals surface area (Å²) < 4.78 is 34.0. The summed E-state index contributed by atoms with van der Waals surface area (Å²) in [4.78, 5) is 0. The molecular formula is C22H49ClNO4+. The van der Waals surface area contributed by atoms with Crippen LogP contribution >= 0.6 is 0 Å². The largest absolute Gasteiger partial charge is 0.328 e. The van der Waals surface area contributed by atoms with Gasteiger partial charge in [-0.3, -0.25) is 0 Å². The van der Waals surface area contributed by atoms with Crippen molar-refractivity contribution in [3.8, 4) is 0 Å². The van der Waals surface area contributed by atoms with Gasteiger partial charge in [0.05, 0.1) is 42.1 Å². The lowest BCUT2D eigenvalue weighted by Crippen LogP contribution is -2.58. The first kappa shape index (κ1) is 30.3. The van der Waals surface area contributed by atoms with Crippen LogP contribution in [0.2, 0.25) is 0 Å². The molecule has 0 atom stereocenters. The average molecular weight is 427 g/mol. The van der Waals surface area contributed by atoms with E-state index in [1.165, 1.54) is 120 Å². The van der Waals surface area contributed by atoms with Gasteiger partial charge in [-0.05, 0) is 25.7 Å². The molecule has 0 spiro atoms. The summed E-state index contributed by atoms with van der Waals surface area (Å²) in [6.07, 6.45) is 23.0. The number of quaternary nitrogens is 1. The maximum atomic E-state index is 8.60. The van der Waals surface area contributed by atoms with E-state index in [4.69, 9.17) is 18.6 Å². The second kappa shape index (κ2) is 20.4. The molecule has 28 heavy (non-hydrogen) atoms. The van der Waals surface area contributed by atoms with Crippen LogP contribution in [0.25, 0.3) is 0 Å². The first-order valence-electron chi connectivity index (χ1n) is 11.6. The summed E-state index contributed by atoms with van der Waals surface area (Å²) in [6, 6.07) is 0. The number of hydrogen-bond acceptors (Lipinski definition) is 4. The zero-order valence-electron chi connectivity index (χ0n) is 19.2. The number of nitrogens with zero attached hydrogens (tertiary/aromatic N) is 1. The Balaban J connectivity index is 0. The molecule has 5 nitrogen and oxygen atoms in total. The average Bonchev–Trinajstić information content (AvgIpc) is 2.58. The Morgan fingerprint density at radius 2 is 0.750 bits per heavy atom. The van der Waals surface area contributed by atoms with Crippen molar-refractivity contribution in [1.82, 2.24) is 0 Å². The van der Waals surface area contributed by atoms with E-state index in [1.807, 2.05) is 0 Å². The molecule has 0 amide bonds. The topological polar surface area (TPSA) is 89.4 Å². The standard InChI is InChI=1S/C22H48N.ClHO4/c1-5-7-9-11-13-15-17-19-21-23(3,4)22-20-18-16-14-12-10-8-6-2;2-1(3,4)5/h5-22H2,1-4H3;(H,2,3,4,5)/q+1;. The fourth-order valence-corrected chi connectivity index (χ4v) is 3.46. The van der Waals surface area contributed by atoms with Gasteiger partial charge in [-0.2, -0.15) is 14.0 Å². The van der Waals surface area contributed by atoms with Crippen molar-refractivity contribution in [2.75, 3.05) is 27.2 Å². The van der Waals surface area contributed by atoms with Gasteiger partial charge in [0.25, 0.3) is 0 Å². The minimum absolute atomic E-state index is 1.24. The SMILES string of the molecule is CCCCCCCCCC[N+](C)(C)CCCCCCCCCC.[O-][Cl+3]([O-])([O-])O. The predicted octanol–water partition coefficient (Wildman–Crippen LogP) is 3.22. The Bertz CT molecular complexity index is 281. The van der Waals surface area contributed by atoms with E-state index in [9.17, 15) is 0 Å². The van der Waals surface area contributed by atoms with Crippen LogP contribution in [0.15, 0.2) is 0 Å². The van der Waals surface area contributed by atoms with Gasteiger partial charge in [-0.15, -0.1) is 0 Å². The molecule has 0 unspecified atom stereocenters. The molecule has 0 aliphatic carbocycles. The lowest BCUT2D eigenvalue weighted by molar-refractivity contribution is -1.92. The molecule has 0 aliphatic rings. The second-order valence-electron chi connectivity index (χ2n) is 8.73. The predicted molar refractivity (Wildman–Crippen MR) is 109 cm³/mol. The van der Waals surface area contributed by atoms with Crippen LogP contribution in [-0.2, 0) is 0 Å². The van der Waals surface area contributed by atoms with Crippen molar-refractivity contribution < 1.29 is 33.4 Å². The van der Waals surface area contributed by atoms with Gasteiger partial charge in [0, 0.05) is 0 Å². The van der Waals surface area contributed by atoms with Crippen molar-refractivity contribution in [3.05, 3.63) is 0 Å². The Kier molecular flexibility index (Phi) is 22.0. The van der Waals surface area contributed by atoms with Gasteiger partial charge in [-0.1, -0.05) is 90.9 Å². The van der Waals surface area contributed by atoms with Crippen molar-refractivity contribution in [3.63, 3.8) is 0 Å². The van der Waals surface area contributed by atoms with E-state index in [-0.39, 0.29) is 0 Å². The van der Waals surface area contributed by atoms with E-state index in [2.05, 4.69) is 27.9 Å². The Morgan fingerprint density at radius 3 is 1.00 bits per heavy atom. The zero-order valence-corrected chi connectivity index (χ0v) is 20.0. The van der Waals surface area contributed by atoms with Crippen LogP contribution in [0.5, 0.6) is 0 Å². The fourth-order valence-electron chi connectivity index (χ4n) is 3.46. The van der Waals surface area contributed by atoms with E-state index in [1.54, 1.807) is 0 Å². The van der Waals surface area contributed by atoms with Crippen LogP contribution in [0.1, 0.15) is 117 Å². The highest BCUT2D eigenvalue weighted by Crippen LogP contribution is 2.13. The summed E-state index contributed by atoms with van der Waals surface area (Å²) in [5.74, 6) is 0. The summed E-state index contributed by atoms with van der Waals surface area (Å²) in [6.45, 7) is 7.36. The number of rotatable bonds is 18. The summed E-state index contributed by atoms with van der Waals surface area (Å²) >= 11 is 0. The molecule has 0 rings (SSSR count). The molecule has 172 valence electrons. The summed E-state index contributed by atoms with van der Waals surface area (Å²) in [5.41, 5.74) is 0. The molecule has 0 saturated heterocycles. The molecule has 1 N–H and O–H groups in total. The van der Waals surface area contributed by atoms with Gasteiger partial charge >= 0.3 is 0 Å². The van der Waals surface area contributed by atoms with Crippen LogP contribution in [0, 0.1) is 10.2 Å². The van der Waals surface area contributed by atoms with Gasteiger partial charge in [0.15, 0.2) is 0 Å². The van der Waals surface area contributed by atoms with Gasteiger partial charge < -0.3 is 4.48 Å². The number of hydrogen-bond donors (Lipinski definition) is 1. The lowest BCUT2D eigenvalue weighted by Gasteiger charge is -2.30. The zero-order chi connectivity index (χ0) is 21.7. The summed E-state index contributed by atoms with van der Waals surface area (Å²) in [5, 5.41) is 0. The third-order valence-electron chi connectivity index (χ3n) is 5.23. The van der Waals surface area contributed by atoms with Crippen LogP contribution in [0.4, 0.5) is 0 Å². The second-order valence-corrected chi connectivity index (χ2v) is 9.52. The van der Waals surface area contributed by atoms with E-state index in [0.717, 1.165) is 0 Å². The maximum absolute atomic E-state index is 8.60. The number of unbranched alkanes of at least 4 members (excludes halogenated alkanes) is 14. The van der Waals surface area contributed by atoms with E-state index >= 15 is 0 Å².